The lowest BCUT2D eigenvalue weighted by molar-refractivity contribution is -0.129. The number of aliphatic hydroxyl groups excluding tert-OH is 1. The van der Waals surface area contributed by atoms with E-state index in [4.69, 9.17) is 21.1 Å². The van der Waals surface area contributed by atoms with Crippen LogP contribution in [0.5, 0.6) is 5.75 Å². The standard InChI is InChI=1S/C14H21ClO3/c1-8(2)17-13-7-12(15)11(6-10(13)5)14(16)18-9(3)4/h6-9,14,16H,1-5H3. The average Bonchev–Trinajstić information content (AvgIpc) is 2.21. The van der Waals surface area contributed by atoms with Crippen molar-refractivity contribution in [2.24, 2.45) is 0 Å². The molecule has 0 radical (unpaired) electrons. The van der Waals surface area contributed by atoms with Gasteiger partial charge in [0.1, 0.15) is 5.75 Å². The molecule has 102 valence electrons. The van der Waals surface area contributed by atoms with Crippen molar-refractivity contribution in [1.29, 1.82) is 0 Å². The van der Waals surface area contributed by atoms with Gasteiger partial charge < -0.3 is 14.6 Å². The lowest BCUT2D eigenvalue weighted by atomic mass is 10.1. The minimum absolute atomic E-state index is 0.0667. The predicted molar refractivity (Wildman–Crippen MR) is 73.1 cm³/mol. The minimum Gasteiger partial charge on any atom is -0.491 e. The molecule has 0 bridgehead atoms. The summed E-state index contributed by atoms with van der Waals surface area (Å²) in [6.45, 7) is 9.55. The van der Waals surface area contributed by atoms with Gasteiger partial charge in [-0.2, -0.15) is 0 Å². The summed E-state index contributed by atoms with van der Waals surface area (Å²) < 4.78 is 11.0. The molecule has 0 amide bonds. The molecule has 1 atom stereocenters. The number of ether oxygens (including phenoxy) is 2. The molecule has 0 aromatic heterocycles. The third kappa shape index (κ3) is 4.16. The summed E-state index contributed by atoms with van der Waals surface area (Å²) in [5.74, 6) is 0.732. The fraction of sp³-hybridized carbons (Fsp3) is 0.571. The zero-order chi connectivity index (χ0) is 13.9. The van der Waals surface area contributed by atoms with Crippen molar-refractivity contribution in [3.8, 4) is 5.75 Å². The molecule has 18 heavy (non-hydrogen) atoms. The van der Waals surface area contributed by atoms with Gasteiger partial charge in [0.25, 0.3) is 0 Å². The van der Waals surface area contributed by atoms with Gasteiger partial charge in [0.2, 0.25) is 0 Å². The maximum atomic E-state index is 9.92. The highest BCUT2D eigenvalue weighted by atomic mass is 35.5. The Morgan fingerprint density at radius 3 is 2.22 bits per heavy atom. The highest BCUT2D eigenvalue weighted by Gasteiger charge is 2.16. The molecule has 0 aliphatic heterocycles. The summed E-state index contributed by atoms with van der Waals surface area (Å²) >= 11 is 6.14. The summed E-state index contributed by atoms with van der Waals surface area (Å²) in [6.07, 6.45) is -0.991. The summed E-state index contributed by atoms with van der Waals surface area (Å²) in [5.41, 5.74) is 1.49. The highest BCUT2D eigenvalue weighted by molar-refractivity contribution is 6.31. The van der Waals surface area contributed by atoms with E-state index in [2.05, 4.69) is 0 Å². The smallest absolute Gasteiger partial charge is 0.182 e. The summed E-state index contributed by atoms with van der Waals surface area (Å²) in [6, 6.07) is 3.52. The molecule has 0 heterocycles. The molecule has 0 aliphatic rings. The molecule has 3 nitrogen and oxygen atoms in total. The second-order valence-corrected chi connectivity index (χ2v) is 5.25. The van der Waals surface area contributed by atoms with Crippen molar-refractivity contribution in [3.05, 3.63) is 28.3 Å². The second kappa shape index (κ2) is 6.41. The zero-order valence-electron chi connectivity index (χ0n) is 11.5. The summed E-state index contributed by atoms with van der Waals surface area (Å²) in [7, 11) is 0. The maximum absolute atomic E-state index is 9.92. The van der Waals surface area contributed by atoms with Crippen LogP contribution in [0.3, 0.4) is 0 Å². The van der Waals surface area contributed by atoms with Crippen LogP contribution in [0.1, 0.15) is 45.1 Å². The zero-order valence-corrected chi connectivity index (χ0v) is 12.3. The number of hydrogen-bond acceptors (Lipinski definition) is 3. The van der Waals surface area contributed by atoms with Crippen LogP contribution < -0.4 is 4.74 Å². The quantitative estimate of drug-likeness (QED) is 0.828. The largest absolute Gasteiger partial charge is 0.491 e. The van der Waals surface area contributed by atoms with Crippen molar-refractivity contribution >= 4 is 11.6 Å². The van der Waals surface area contributed by atoms with Gasteiger partial charge in [-0.05, 0) is 52.3 Å². The first-order valence-electron chi connectivity index (χ1n) is 6.11. The second-order valence-electron chi connectivity index (χ2n) is 4.84. The first-order chi connectivity index (χ1) is 8.31. The van der Waals surface area contributed by atoms with Gasteiger partial charge >= 0.3 is 0 Å². The van der Waals surface area contributed by atoms with Gasteiger partial charge in [0.15, 0.2) is 6.29 Å². The minimum atomic E-state index is -1.01. The Kier molecular flexibility index (Phi) is 5.45. The van der Waals surface area contributed by atoms with Gasteiger partial charge in [0.05, 0.1) is 17.2 Å². The van der Waals surface area contributed by atoms with Crippen molar-refractivity contribution < 1.29 is 14.6 Å². The number of halogens is 1. The maximum Gasteiger partial charge on any atom is 0.182 e. The molecule has 4 heteroatoms. The van der Waals surface area contributed by atoms with Crippen molar-refractivity contribution in [2.45, 2.75) is 53.1 Å². The van der Waals surface area contributed by atoms with Crippen LogP contribution in [-0.2, 0) is 4.74 Å². The molecule has 1 rings (SSSR count). The molecule has 0 saturated carbocycles. The topological polar surface area (TPSA) is 38.7 Å². The third-order valence-corrected chi connectivity index (χ3v) is 2.65. The fourth-order valence-corrected chi connectivity index (χ4v) is 1.83. The van der Waals surface area contributed by atoms with Gasteiger partial charge in [-0.25, -0.2) is 0 Å². The number of hydrogen-bond donors (Lipinski definition) is 1. The van der Waals surface area contributed by atoms with E-state index in [1.807, 2.05) is 34.6 Å². The Balaban J connectivity index is 2.99. The Labute approximate surface area is 114 Å². The number of benzene rings is 1. The van der Waals surface area contributed by atoms with Crippen molar-refractivity contribution in [2.75, 3.05) is 0 Å². The molecular formula is C14H21ClO3. The molecule has 1 unspecified atom stereocenters. The first-order valence-corrected chi connectivity index (χ1v) is 6.49. The van der Waals surface area contributed by atoms with Crippen LogP contribution >= 0.6 is 11.6 Å². The number of aliphatic hydroxyl groups is 1. The van der Waals surface area contributed by atoms with E-state index in [0.29, 0.717) is 10.6 Å². The van der Waals surface area contributed by atoms with Crippen LogP contribution in [0, 0.1) is 6.92 Å². The van der Waals surface area contributed by atoms with Crippen LogP contribution in [-0.4, -0.2) is 17.3 Å². The Hall–Kier alpha value is -0.770. The lowest BCUT2D eigenvalue weighted by Gasteiger charge is -2.19. The van der Waals surface area contributed by atoms with E-state index in [1.165, 1.54) is 0 Å². The van der Waals surface area contributed by atoms with Crippen LogP contribution in [0.4, 0.5) is 0 Å². The van der Waals surface area contributed by atoms with Crippen molar-refractivity contribution in [3.63, 3.8) is 0 Å². The van der Waals surface area contributed by atoms with E-state index in [-0.39, 0.29) is 12.2 Å². The summed E-state index contributed by atoms with van der Waals surface area (Å²) in [4.78, 5) is 0. The van der Waals surface area contributed by atoms with Crippen LogP contribution in [0.25, 0.3) is 0 Å². The molecule has 0 saturated heterocycles. The molecule has 1 N–H and O–H groups in total. The van der Waals surface area contributed by atoms with Gasteiger partial charge in [-0.1, -0.05) is 11.6 Å². The van der Waals surface area contributed by atoms with E-state index in [9.17, 15) is 5.11 Å². The van der Waals surface area contributed by atoms with Gasteiger partial charge in [0, 0.05) is 5.56 Å². The molecule has 0 spiro atoms. The first kappa shape index (κ1) is 15.3. The van der Waals surface area contributed by atoms with Crippen LogP contribution in [0.2, 0.25) is 5.02 Å². The van der Waals surface area contributed by atoms with Gasteiger partial charge in [-0.15, -0.1) is 0 Å². The Morgan fingerprint density at radius 1 is 1.11 bits per heavy atom. The van der Waals surface area contributed by atoms with E-state index in [0.717, 1.165) is 11.3 Å². The van der Waals surface area contributed by atoms with E-state index < -0.39 is 6.29 Å². The normalized spacial score (nSPS) is 13.2. The molecule has 1 aromatic rings. The van der Waals surface area contributed by atoms with E-state index in [1.54, 1.807) is 12.1 Å². The highest BCUT2D eigenvalue weighted by Crippen LogP contribution is 2.32. The molecule has 0 fully saturated rings. The average molecular weight is 273 g/mol. The molecule has 0 aliphatic carbocycles. The van der Waals surface area contributed by atoms with Gasteiger partial charge in [-0.3, -0.25) is 0 Å². The summed E-state index contributed by atoms with van der Waals surface area (Å²) in [5, 5.41) is 10.4. The fourth-order valence-electron chi connectivity index (χ4n) is 1.59. The SMILES string of the molecule is Cc1cc(C(O)OC(C)C)c(Cl)cc1OC(C)C. The number of aryl methyl sites for hydroxylation is 1. The van der Waals surface area contributed by atoms with Crippen molar-refractivity contribution in [1.82, 2.24) is 0 Å². The predicted octanol–water partition coefficient (Wildman–Crippen LogP) is 3.85. The molecule has 1 aromatic carbocycles. The van der Waals surface area contributed by atoms with Crippen LogP contribution in [0.15, 0.2) is 12.1 Å². The monoisotopic (exact) mass is 272 g/mol. The molecular weight excluding hydrogens is 252 g/mol. The third-order valence-electron chi connectivity index (χ3n) is 2.32. The lowest BCUT2D eigenvalue weighted by Crippen LogP contribution is -2.11. The van der Waals surface area contributed by atoms with E-state index >= 15 is 0 Å². The Bertz CT molecular complexity index is 402. The Morgan fingerprint density at radius 2 is 1.72 bits per heavy atom. The number of rotatable bonds is 5.